The average molecular weight is 593 g/mol. The highest BCUT2D eigenvalue weighted by Gasteiger charge is 2.11. The van der Waals surface area contributed by atoms with E-state index in [0.717, 1.165) is 25.8 Å². The highest BCUT2D eigenvalue weighted by atomic mass is 32.2. The molecule has 0 radical (unpaired) electrons. The Morgan fingerprint density at radius 2 is 1.00 bits per heavy atom. The van der Waals surface area contributed by atoms with Gasteiger partial charge in [-0.3, -0.25) is 4.55 Å². The molecule has 0 saturated heterocycles. The van der Waals surface area contributed by atoms with Gasteiger partial charge in [0.25, 0.3) is 10.1 Å². The first kappa shape index (κ1) is 40.1. The molecule has 0 heterocycles. The van der Waals surface area contributed by atoms with E-state index in [1.165, 1.54) is 89.9 Å². The number of benzene rings is 1. The summed E-state index contributed by atoms with van der Waals surface area (Å²) in [4.78, 5) is 0.353. The molecule has 0 amide bonds. The maximum Gasteiger partial charge on any atom is 0.264 e. The van der Waals surface area contributed by atoms with Crippen molar-refractivity contribution >= 4 is 20.1 Å². The number of unbranched alkanes of at least 4 members (excludes halogenated alkanes) is 15. The van der Waals surface area contributed by atoms with Gasteiger partial charge >= 0.3 is 0 Å². The predicted molar refractivity (Wildman–Crippen MR) is 167 cm³/mol. The standard InChI is InChI=1S/C24H43NO2S.C3H9N.C3H8O3S/c1-2-3-4-5-6-7-8-9-10-11-12-13-14-15-16-20-23-25-28(26,27)24-21-18-17-19-22-24;1-2-3-4;1-2-3-7(4,5)6/h17-19,21-22,25H,2-16,20,23H2,1H3;2-4H2,1H3;2-3H2,1H3,(H,4,5,6). The molecule has 0 saturated carbocycles. The molecular formula is C30H60N2O5S2. The van der Waals surface area contributed by atoms with Gasteiger partial charge in [0.1, 0.15) is 0 Å². The molecule has 1 rings (SSSR count). The topological polar surface area (TPSA) is 127 Å². The zero-order chi connectivity index (χ0) is 29.7. The van der Waals surface area contributed by atoms with Gasteiger partial charge in [-0.2, -0.15) is 8.42 Å². The van der Waals surface area contributed by atoms with Gasteiger partial charge in [0.15, 0.2) is 0 Å². The van der Waals surface area contributed by atoms with E-state index in [-0.39, 0.29) is 5.75 Å². The minimum Gasteiger partial charge on any atom is -0.330 e. The molecule has 0 aliphatic heterocycles. The summed E-state index contributed by atoms with van der Waals surface area (Å²) in [6.07, 6.45) is 22.9. The predicted octanol–water partition coefficient (Wildman–Crippen LogP) is 7.87. The fourth-order valence-electron chi connectivity index (χ4n) is 3.82. The van der Waals surface area contributed by atoms with E-state index in [9.17, 15) is 16.8 Å². The number of hydrogen-bond acceptors (Lipinski definition) is 5. The van der Waals surface area contributed by atoms with Crippen LogP contribution in [0.2, 0.25) is 0 Å². The molecule has 0 aliphatic carbocycles. The summed E-state index contributed by atoms with van der Waals surface area (Å²) < 4.78 is 54.4. The second-order valence-electron chi connectivity index (χ2n) is 10.1. The normalized spacial score (nSPS) is 11.3. The molecule has 0 spiro atoms. The fourth-order valence-corrected chi connectivity index (χ4v) is 5.43. The van der Waals surface area contributed by atoms with Gasteiger partial charge in [0, 0.05) is 6.54 Å². The third kappa shape index (κ3) is 31.4. The van der Waals surface area contributed by atoms with Crippen LogP contribution in [0.25, 0.3) is 0 Å². The van der Waals surface area contributed by atoms with Gasteiger partial charge in [-0.25, -0.2) is 13.1 Å². The molecule has 1 aromatic rings. The number of nitrogens with one attached hydrogen (secondary N) is 1. The number of sulfonamides is 1. The summed E-state index contributed by atoms with van der Waals surface area (Å²) in [5, 5.41) is 0. The Balaban J connectivity index is 0. The highest BCUT2D eigenvalue weighted by molar-refractivity contribution is 7.89. The average Bonchev–Trinajstić information content (AvgIpc) is 2.91. The minimum atomic E-state index is -3.67. The van der Waals surface area contributed by atoms with Crippen LogP contribution in [0.5, 0.6) is 0 Å². The third-order valence-corrected chi connectivity index (χ3v) is 8.53. The Morgan fingerprint density at radius 3 is 1.31 bits per heavy atom. The van der Waals surface area contributed by atoms with Crippen molar-refractivity contribution in [1.82, 2.24) is 4.72 Å². The summed E-state index contributed by atoms with van der Waals surface area (Å²) in [5.74, 6) is -0.132. The van der Waals surface area contributed by atoms with Gasteiger partial charge in [0.05, 0.1) is 10.6 Å². The Morgan fingerprint density at radius 1 is 0.615 bits per heavy atom. The number of nitrogens with two attached hydrogens (primary N) is 1. The van der Waals surface area contributed by atoms with E-state index in [4.69, 9.17) is 10.3 Å². The lowest BCUT2D eigenvalue weighted by atomic mass is 10.0. The first-order valence-corrected chi connectivity index (χ1v) is 18.4. The molecule has 7 nitrogen and oxygen atoms in total. The van der Waals surface area contributed by atoms with Crippen LogP contribution in [-0.4, -0.2) is 40.2 Å². The summed E-state index contributed by atoms with van der Waals surface area (Å²) in [6.45, 7) is 7.38. The smallest absolute Gasteiger partial charge is 0.264 e. The molecule has 0 fully saturated rings. The van der Waals surface area contributed by atoms with E-state index >= 15 is 0 Å². The van der Waals surface area contributed by atoms with E-state index in [2.05, 4.69) is 18.6 Å². The largest absolute Gasteiger partial charge is 0.330 e. The number of rotatable bonds is 22. The van der Waals surface area contributed by atoms with E-state index in [0.29, 0.717) is 17.9 Å². The van der Waals surface area contributed by atoms with Crippen molar-refractivity contribution in [3.63, 3.8) is 0 Å². The molecular weight excluding hydrogens is 532 g/mol. The van der Waals surface area contributed by atoms with Crippen LogP contribution in [0.15, 0.2) is 35.2 Å². The maximum absolute atomic E-state index is 12.1. The molecule has 9 heteroatoms. The van der Waals surface area contributed by atoms with E-state index in [1.807, 2.05) is 6.07 Å². The Bertz CT molecular complexity index is 830. The SMILES string of the molecule is CCCCCCCCCCCCCCCCCCNS(=O)(=O)c1ccccc1.CCCN.CCCS(=O)(=O)O. The van der Waals surface area contributed by atoms with Crippen LogP contribution in [0.4, 0.5) is 0 Å². The molecule has 1 aromatic carbocycles. The van der Waals surface area contributed by atoms with Crippen LogP contribution < -0.4 is 10.5 Å². The molecule has 4 N–H and O–H groups in total. The van der Waals surface area contributed by atoms with Crippen molar-refractivity contribution in [2.75, 3.05) is 18.8 Å². The quantitative estimate of drug-likeness (QED) is 0.0929. The lowest BCUT2D eigenvalue weighted by Gasteiger charge is -2.06. The van der Waals surface area contributed by atoms with Gasteiger partial charge in [-0.1, -0.05) is 135 Å². The molecule has 39 heavy (non-hydrogen) atoms. The fraction of sp³-hybridized carbons (Fsp3) is 0.800. The lowest BCUT2D eigenvalue weighted by molar-refractivity contribution is 0.482. The molecule has 0 aliphatic rings. The van der Waals surface area contributed by atoms with Gasteiger partial charge in [-0.15, -0.1) is 0 Å². The maximum atomic E-state index is 12.1. The molecule has 0 atom stereocenters. The Labute approximate surface area is 241 Å². The molecule has 0 aromatic heterocycles. The highest BCUT2D eigenvalue weighted by Crippen LogP contribution is 2.14. The van der Waals surface area contributed by atoms with Crippen molar-refractivity contribution in [2.45, 2.75) is 141 Å². The molecule has 0 unspecified atom stereocenters. The van der Waals surface area contributed by atoms with Gasteiger partial charge in [0.2, 0.25) is 10.0 Å². The van der Waals surface area contributed by atoms with Crippen LogP contribution in [0.3, 0.4) is 0 Å². The molecule has 0 bridgehead atoms. The lowest BCUT2D eigenvalue weighted by Crippen LogP contribution is -2.24. The van der Waals surface area contributed by atoms with Crippen molar-refractivity contribution in [3.05, 3.63) is 30.3 Å². The summed E-state index contributed by atoms with van der Waals surface area (Å²) in [5.41, 5.74) is 5.03. The summed E-state index contributed by atoms with van der Waals surface area (Å²) in [7, 11) is -7.01. The Hall–Kier alpha value is -1.00. The first-order valence-electron chi connectivity index (χ1n) is 15.3. The van der Waals surface area contributed by atoms with E-state index in [1.54, 1.807) is 31.2 Å². The second-order valence-corrected chi connectivity index (χ2v) is 13.4. The van der Waals surface area contributed by atoms with Gasteiger partial charge < -0.3 is 5.73 Å². The summed E-state index contributed by atoms with van der Waals surface area (Å²) in [6, 6.07) is 8.60. The second kappa shape index (κ2) is 28.5. The molecule has 232 valence electrons. The number of hydrogen-bond donors (Lipinski definition) is 3. The van der Waals surface area contributed by atoms with E-state index < -0.39 is 20.1 Å². The monoisotopic (exact) mass is 592 g/mol. The van der Waals surface area contributed by atoms with Crippen molar-refractivity contribution in [1.29, 1.82) is 0 Å². The van der Waals surface area contributed by atoms with Crippen LogP contribution in [-0.2, 0) is 20.1 Å². The van der Waals surface area contributed by atoms with Crippen LogP contribution >= 0.6 is 0 Å². The minimum absolute atomic E-state index is 0.132. The zero-order valence-corrected chi connectivity index (χ0v) is 26.8. The van der Waals surface area contributed by atoms with Crippen molar-refractivity contribution in [2.24, 2.45) is 5.73 Å². The van der Waals surface area contributed by atoms with Crippen LogP contribution in [0.1, 0.15) is 136 Å². The van der Waals surface area contributed by atoms with Crippen molar-refractivity contribution in [3.8, 4) is 0 Å². The Kier molecular flexibility index (Phi) is 29.4. The first-order chi connectivity index (χ1) is 18.6. The summed E-state index contributed by atoms with van der Waals surface area (Å²) >= 11 is 0. The zero-order valence-electron chi connectivity index (χ0n) is 25.2. The van der Waals surface area contributed by atoms with Gasteiger partial charge in [-0.05, 0) is 37.9 Å². The van der Waals surface area contributed by atoms with Crippen LogP contribution in [0, 0.1) is 0 Å². The van der Waals surface area contributed by atoms with Crippen molar-refractivity contribution < 1.29 is 21.4 Å². The third-order valence-electron chi connectivity index (χ3n) is 6.13.